The number of nitrogens with zero attached hydrogens (tertiary/aromatic N) is 4. The summed E-state index contributed by atoms with van der Waals surface area (Å²) in [6.07, 6.45) is 9.82. The number of aryl methyl sites for hydroxylation is 2. The second-order valence-corrected chi connectivity index (χ2v) is 11.4. The zero-order chi connectivity index (χ0) is 26.3. The number of unbranched alkanes of at least 4 members (excludes halogenated alkanes) is 3. The lowest BCUT2D eigenvalue weighted by molar-refractivity contribution is 0.0976. The largest absolute Gasteiger partial charge is 0.449 e. The van der Waals surface area contributed by atoms with Gasteiger partial charge in [-0.15, -0.1) is 0 Å². The maximum Gasteiger partial charge on any atom is 0.409 e. The normalized spacial score (nSPS) is 18.6. The van der Waals surface area contributed by atoms with E-state index in [0.29, 0.717) is 19.7 Å². The van der Waals surface area contributed by atoms with Crippen molar-refractivity contribution in [3.8, 4) is 0 Å². The molecule has 3 aliphatic rings. The Balaban J connectivity index is 1.10. The lowest BCUT2D eigenvalue weighted by atomic mass is 9.88. The summed E-state index contributed by atoms with van der Waals surface area (Å²) in [5.74, 6) is 0. The number of piperazine rings is 1. The molecule has 7 heteroatoms. The van der Waals surface area contributed by atoms with Crippen molar-refractivity contribution in [3.63, 3.8) is 0 Å². The summed E-state index contributed by atoms with van der Waals surface area (Å²) < 4.78 is 5.64. The second kappa shape index (κ2) is 13.1. The number of rotatable bonds is 7. The fourth-order valence-corrected chi connectivity index (χ4v) is 6.15. The zero-order valence-corrected chi connectivity index (χ0v) is 23.5. The van der Waals surface area contributed by atoms with Crippen molar-refractivity contribution in [1.29, 1.82) is 0 Å². The van der Waals surface area contributed by atoms with E-state index in [1.165, 1.54) is 73.4 Å². The Bertz CT molecular complexity index is 1130. The van der Waals surface area contributed by atoms with Gasteiger partial charge >= 0.3 is 6.09 Å². The number of piperidine rings is 1. The fourth-order valence-electron chi connectivity index (χ4n) is 5.96. The van der Waals surface area contributed by atoms with Gasteiger partial charge in [-0.3, -0.25) is 4.98 Å². The van der Waals surface area contributed by atoms with E-state index in [9.17, 15) is 4.79 Å². The molecule has 0 saturated carbocycles. The maximum atomic E-state index is 12.7. The van der Waals surface area contributed by atoms with E-state index in [2.05, 4.69) is 35.0 Å². The molecule has 204 valence electrons. The summed E-state index contributed by atoms with van der Waals surface area (Å²) in [5.41, 5.74) is 7.52. The zero-order valence-electron chi connectivity index (χ0n) is 22.8. The number of likely N-dealkylation sites (N-methyl/N-ethyl adjacent to an activating group) is 1. The SMILES string of the molecule is CN1CCN(CCCCCCOC(=O)N2CCC(=C3c4ccc(Cl)cc4CCc4cccnc43)CC2)CC1. The van der Waals surface area contributed by atoms with Gasteiger partial charge in [0, 0.05) is 56.1 Å². The number of pyridine rings is 1. The molecular formula is C31H41ClN4O2. The topological polar surface area (TPSA) is 48.9 Å². The van der Waals surface area contributed by atoms with Gasteiger partial charge < -0.3 is 19.4 Å². The van der Waals surface area contributed by atoms with Crippen molar-refractivity contribution in [1.82, 2.24) is 19.7 Å². The second-order valence-electron chi connectivity index (χ2n) is 11.0. The molecule has 6 nitrogen and oxygen atoms in total. The maximum absolute atomic E-state index is 12.7. The number of fused-ring (bicyclic) bond motifs is 2. The number of ether oxygens (including phenoxy) is 1. The first-order valence-electron chi connectivity index (χ1n) is 14.4. The number of benzene rings is 1. The molecule has 2 aliphatic heterocycles. The fraction of sp³-hybridized carbons (Fsp3) is 0.548. The highest BCUT2D eigenvalue weighted by Gasteiger charge is 2.27. The molecule has 38 heavy (non-hydrogen) atoms. The molecule has 2 saturated heterocycles. The summed E-state index contributed by atoms with van der Waals surface area (Å²) in [5, 5.41) is 0.777. The van der Waals surface area contributed by atoms with E-state index >= 15 is 0 Å². The standard InChI is InChI=1S/C31H41ClN4O2/c1-34-18-20-35(21-19-34)15-4-2-3-5-22-38-31(37)36-16-12-24(13-17-36)29-28-11-10-27(32)23-26(28)9-8-25-7-6-14-33-30(25)29/h6-7,10-11,14,23H,2-5,8-9,12-13,15-22H2,1H3. The third kappa shape index (κ3) is 6.77. The molecule has 5 rings (SSSR count). The molecule has 3 heterocycles. The van der Waals surface area contributed by atoms with Crippen LogP contribution in [0, 0.1) is 0 Å². The van der Waals surface area contributed by atoms with E-state index in [-0.39, 0.29) is 6.09 Å². The van der Waals surface area contributed by atoms with Crippen LogP contribution in [-0.4, -0.2) is 85.2 Å². The molecule has 0 N–H and O–H groups in total. The number of carbonyl (C=O) groups excluding carboxylic acids is 1. The van der Waals surface area contributed by atoms with Crippen LogP contribution in [0.3, 0.4) is 0 Å². The van der Waals surface area contributed by atoms with Crippen LogP contribution in [0.5, 0.6) is 0 Å². The van der Waals surface area contributed by atoms with Crippen molar-refractivity contribution in [2.75, 3.05) is 59.5 Å². The summed E-state index contributed by atoms with van der Waals surface area (Å²) >= 11 is 6.35. The Labute approximate surface area is 232 Å². The van der Waals surface area contributed by atoms with Crippen molar-refractivity contribution < 1.29 is 9.53 Å². The molecule has 0 bridgehead atoms. The quantitative estimate of drug-likeness (QED) is 0.426. The summed E-state index contributed by atoms with van der Waals surface area (Å²) in [6.45, 7) is 7.81. The molecule has 2 aromatic rings. The minimum absolute atomic E-state index is 0.168. The van der Waals surface area contributed by atoms with Gasteiger partial charge in [-0.05, 0) is 87.0 Å². The highest BCUT2D eigenvalue weighted by molar-refractivity contribution is 6.30. The number of aromatic nitrogens is 1. The Morgan fingerprint density at radius 3 is 2.50 bits per heavy atom. The van der Waals surface area contributed by atoms with Crippen LogP contribution in [0.4, 0.5) is 4.79 Å². The minimum Gasteiger partial charge on any atom is -0.449 e. The highest BCUT2D eigenvalue weighted by atomic mass is 35.5. The average molecular weight is 537 g/mol. The number of hydrogen-bond acceptors (Lipinski definition) is 5. The van der Waals surface area contributed by atoms with Gasteiger partial charge in [0.05, 0.1) is 12.3 Å². The number of amides is 1. The van der Waals surface area contributed by atoms with Gasteiger partial charge in [0.15, 0.2) is 0 Å². The van der Waals surface area contributed by atoms with Gasteiger partial charge in [-0.1, -0.05) is 42.1 Å². The number of halogens is 1. The number of likely N-dealkylation sites (tertiary alicyclic amines) is 1. The van der Waals surface area contributed by atoms with Gasteiger partial charge in [0.1, 0.15) is 0 Å². The first-order chi connectivity index (χ1) is 18.6. The summed E-state index contributed by atoms with van der Waals surface area (Å²) in [6, 6.07) is 10.4. The average Bonchev–Trinajstić information content (AvgIpc) is 3.10. The van der Waals surface area contributed by atoms with Crippen molar-refractivity contribution in [2.45, 2.75) is 51.4 Å². The predicted octanol–water partition coefficient (Wildman–Crippen LogP) is 5.68. The Hall–Kier alpha value is -2.41. The van der Waals surface area contributed by atoms with E-state index in [0.717, 1.165) is 49.2 Å². The van der Waals surface area contributed by atoms with Crippen LogP contribution in [0.25, 0.3) is 5.57 Å². The van der Waals surface area contributed by atoms with Crippen molar-refractivity contribution in [3.05, 3.63) is 69.5 Å². The van der Waals surface area contributed by atoms with Gasteiger partial charge in [-0.2, -0.15) is 0 Å². The lowest BCUT2D eigenvalue weighted by Crippen LogP contribution is -2.44. The predicted molar refractivity (Wildman–Crippen MR) is 154 cm³/mol. The molecule has 1 amide bonds. The lowest BCUT2D eigenvalue weighted by Gasteiger charge is -2.32. The highest BCUT2D eigenvalue weighted by Crippen LogP contribution is 2.38. The van der Waals surface area contributed by atoms with Crippen molar-refractivity contribution >= 4 is 23.3 Å². The Morgan fingerprint density at radius 2 is 1.68 bits per heavy atom. The molecule has 1 aliphatic carbocycles. The van der Waals surface area contributed by atoms with E-state index in [1.807, 2.05) is 23.2 Å². The Kier molecular flexibility index (Phi) is 9.36. The molecule has 1 aromatic heterocycles. The number of carbonyl (C=O) groups is 1. The van der Waals surface area contributed by atoms with E-state index in [4.69, 9.17) is 21.3 Å². The Morgan fingerprint density at radius 1 is 0.921 bits per heavy atom. The monoisotopic (exact) mass is 536 g/mol. The van der Waals surface area contributed by atoms with Gasteiger partial charge in [0.25, 0.3) is 0 Å². The number of hydrogen-bond donors (Lipinski definition) is 0. The molecule has 0 atom stereocenters. The van der Waals surface area contributed by atoms with Crippen LogP contribution >= 0.6 is 11.6 Å². The molecule has 0 unspecified atom stereocenters. The third-order valence-corrected chi connectivity index (χ3v) is 8.53. The van der Waals surface area contributed by atoms with Gasteiger partial charge in [0.2, 0.25) is 0 Å². The molecule has 0 radical (unpaired) electrons. The van der Waals surface area contributed by atoms with Crippen LogP contribution in [-0.2, 0) is 17.6 Å². The van der Waals surface area contributed by atoms with Gasteiger partial charge in [-0.25, -0.2) is 4.79 Å². The molecular weight excluding hydrogens is 496 g/mol. The summed E-state index contributed by atoms with van der Waals surface area (Å²) in [4.78, 5) is 24.4. The van der Waals surface area contributed by atoms with E-state index < -0.39 is 0 Å². The first kappa shape index (κ1) is 27.2. The first-order valence-corrected chi connectivity index (χ1v) is 14.7. The molecule has 0 spiro atoms. The molecule has 1 aromatic carbocycles. The minimum atomic E-state index is -0.168. The third-order valence-electron chi connectivity index (χ3n) is 8.30. The van der Waals surface area contributed by atoms with E-state index in [1.54, 1.807) is 0 Å². The summed E-state index contributed by atoms with van der Waals surface area (Å²) in [7, 11) is 2.20. The van der Waals surface area contributed by atoms with Crippen molar-refractivity contribution in [2.24, 2.45) is 0 Å². The smallest absolute Gasteiger partial charge is 0.409 e. The van der Waals surface area contributed by atoms with Crippen LogP contribution in [0.1, 0.15) is 60.9 Å². The molecule has 2 fully saturated rings. The van der Waals surface area contributed by atoms with Crippen LogP contribution < -0.4 is 0 Å². The van der Waals surface area contributed by atoms with Crippen LogP contribution in [0.2, 0.25) is 5.02 Å². The van der Waals surface area contributed by atoms with Crippen LogP contribution in [0.15, 0.2) is 42.1 Å².